The number of hydrogen-bond donors (Lipinski definition) is 1. The van der Waals surface area contributed by atoms with E-state index in [-0.39, 0.29) is 13.0 Å². The first-order chi connectivity index (χ1) is 11.8. The lowest BCUT2D eigenvalue weighted by atomic mass is 10.1. The van der Waals surface area contributed by atoms with Gasteiger partial charge in [0.15, 0.2) is 0 Å². The van der Waals surface area contributed by atoms with E-state index in [1.54, 1.807) is 47.6 Å². The third-order valence-electron chi connectivity index (χ3n) is 2.84. The molecule has 1 atom stereocenters. The molecule has 150 valence electrons. The number of aliphatic hydroxyl groups is 1. The Labute approximate surface area is 155 Å². The first kappa shape index (κ1) is 23.9. The van der Waals surface area contributed by atoms with Crippen LogP contribution in [0.5, 0.6) is 0 Å². The fourth-order valence-electron chi connectivity index (χ4n) is 1.89. The molecule has 8 heteroatoms. The average Bonchev–Trinajstić information content (AvgIpc) is 2.45. The van der Waals surface area contributed by atoms with Crippen molar-refractivity contribution < 1.29 is 33.7 Å². The maximum atomic E-state index is 12.6. The van der Waals surface area contributed by atoms with E-state index in [4.69, 9.17) is 19.3 Å². The van der Waals surface area contributed by atoms with Crippen LogP contribution in [0.25, 0.3) is 0 Å². The Kier molecular flexibility index (Phi) is 9.34. The van der Waals surface area contributed by atoms with Gasteiger partial charge in [0.05, 0.1) is 13.7 Å². The van der Waals surface area contributed by atoms with Crippen molar-refractivity contribution in [1.82, 2.24) is 4.90 Å². The van der Waals surface area contributed by atoms with Crippen LogP contribution >= 0.6 is 0 Å². The highest BCUT2D eigenvalue weighted by atomic mass is 16.6. The summed E-state index contributed by atoms with van der Waals surface area (Å²) in [5, 5.41) is 8.79. The minimum absolute atomic E-state index is 0.0989. The predicted molar refractivity (Wildman–Crippen MR) is 95.6 cm³/mol. The fourth-order valence-corrected chi connectivity index (χ4v) is 1.89. The van der Waals surface area contributed by atoms with Crippen molar-refractivity contribution in [2.75, 3.05) is 13.7 Å². The molecular formula is C18H31NO7. The van der Waals surface area contributed by atoms with E-state index in [1.165, 1.54) is 13.2 Å². The number of carbonyl (C=O) groups excluding carboxylic acids is 3. The number of methoxy groups -OCH3 is 1. The van der Waals surface area contributed by atoms with Crippen LogP contribution in [0.2, 0.25) is 0 Å². The number of carbonyl (C=O) groups is 3. The minimum atomic E-state index is -1.21. The van der Waals surface area contributed by atoms with Gasteiger partial charge >= 0.3 is 18.2 Å². The maximum absolute atomic E-state index is 12.6. The van der Waals surface area contributed by atoms with Crippen LogP contribution in [0, 0.1) is 0 Å². The molecule has 0 saturated carbocycles. The summed E-state index contributed by atoms with van der Waals surface area (Å²) in [6, 6.07) is -1.21. The molecule has 0 rings (SSSR count). The van der Waals surface area contributed by atoms with E-state index in [0.717, 1.165) is 0 Å². The number of ether oxygens (including phenoxy) is 3. The van der Waals surface area contributed by atoms with Crippen LogP contribution in [-0.2, 0) is 19.0 Å². The summed E-state index contributed by atoms with van der Waals surface area (Å²) >= 11 is 0. The predicted octanol–water partition coefficient (Wildman–Crippen LogP) is 3.03. The number of hydrogen-bond acceptors (Lipinski definition) is 7. The van der Waals surface area contributed by atoms with E-state index < -0.39 is 35.4 Å². The lowest BCUT2D eigenvalue weighted by Crippen LogP contribution is -2.52. The number of imide groups is 1. The topological polar surface area (TPSA) is 102 Å². The Morgan fingerprint density at radius 1 is 0.962 bits per heavy atom. The Bertz CT molecular complexity index is 487. The van der Waals surface area contributed by atoms with Gasteiger partial charge in [0.25, 0.3) is 0 Å². The van der Waals surface area contributed by atoms with Crippen molar-refractivity contribution in [3.63, 3.8) is 0 Å². The third-order valence-corrected chi connectivity index (χ3v) is 2.84. The van der Waals surface area contributed by atoms with E-state index >= 15 is 0 Å². The molecule has 0 heterocycles. The Morgan fingerprint density at radius 3 is 1.77 bits per heavy atom. The van der Waals surface area contributed by atoms with Gasteiger partial charge < -0.3 is 19.3 Å². The number of allylic oxidation sites excluding steroid dienone is 1. The van der Waals surface area contributed by atoms with Gasteiger partial charge in [-0.05, 0) is 54.4 Å². The normalized spacial score (nSPS) is 13.2. The van der Waals surface area contributed by atoms with Gasteiger partial charge in [0, 0.05) is 0 Å². The number of nitrogens with zero attached hydrogens (tertiary/aromatic N) is 1. The summed E-state index contributed by atoms with van der Waals surface area (Å²) in [5.41, 5.74) is -1.73. The monoisotopic (exact) mass is 373 g/mol. The quantitative estimate of drug-likeness (QED) is 0.434. The second kappa shape index (κ2) is 10.2. The lowest BCUT2D eigenvalue weighted by Gasteiger charge is -2.32. The first-order valence-corrected chi connectivity index (χ1v) is 8.41. The molecule has 8 nitrogen and oxygen atoms in total. The highest BCUT2D eigenvalue weighted by Gasteiger charge is 2.40. The number of rotatable bonds is 6. The average molecular weight is 373 g/mol. The molecule has 0 fully saturated rings. The molecule has 26 heavy (non-hydrogen) atoms. The van der Waals surface area contributed by atoms with Crippen molar-refractivity contribution in [3.8, 4) is 0 Å². The van der Waals surface area contributed by atoms with Crippen LogP contribution in [-0.4, -0.2) is 59.1 Å². The summed E-state index contributed by atoms with van der Waals surface area (Å²) in [6.45, 7) is 9.74. The highest BCUT2D eigenvalue weighted by molar-refractivity contribution is 5.94. The van der Waals surface area contributed by atoms with Gasteiger partial charge in [-0.3, -0.25) is 0 Å². The van der Waals surface area contributed by atoms with Gasteiger partial charge in [0.2, 0.25) is 0 Å². The Balaban J connectivity index is 5.69. The Hall–Kier alpha value is -2.09. The van der Waals surface area contributed by atoms with Crippen LogP contribution in [0.1, 0.15) is 54.4 Å². The first-order valence-electron chi connectivity index (χ1n) is 8.41. The van der Waals surface area contributed by atoms with Crippen LogP contribution in [0.3, 0.4) is 0 Å². The van der Waals surface area contributed by atoms with Crippen LogP contribution < -0.4 is 0 Å². The molecule has 0 aromatic carbocycles. The summed E-state index contributed by atoms with van der Waals surface area (Å²) < 4.78 is 15.3. The smallest absolute Gasteiger partial charge is 0.420 e. The largest absolute Gasteiger partial charge is 0.467 e. The molecule has 0 radical (unpaired) electrons. The molecule has 0 bridgehead atoms. The molecular weight excluding hydrogens is 342 g/mol. The van der Waals surface area contributed by atoms with E-state index in [9.17, 15) is 14.4 Å². The Morgan fingerprint density at radius 2 is 1.42 bits per heavy atom. The standard InChI is InChI=1S/C18H31NO7/c1-17(2,3)25-15(22)19(16(23)26-18(4,5)6)13(14(21)24-7)11-9-8-10-12-20/h8,10,13,20H,9,11-12H2,1-7H3/b10-8+. The van der Waals surface area contributed by atoms with Gasteiger partial charge in [0.1, 0.15) is 17.2 Å². The lowest BCUT2D eigenvalue weighted by molar-refractivity contribution is -0.146. The SMILES string of the molecule is COC(=O)C(CC/C=C/CO)N(C(=O)OC(C)(C)C)C(=O)OC(C)(C)C. The van der Waals surface area contributed by atoms with Gasteiger partial charge in [-0.1, -0.05) is 12.2 Å². The van der Waals surface area contributed by atoms with Crippen molar-refractivity contribution in [2.45, 2.75) is 71.6 Å². The number of amides is 2. The van der Waals surface area contributed by atoms with Gasteiger partial charge in [-0.25, -0.2) is 14.4 Å². The van der Waals surface area contributed by atoms with Gasteiger partial charge in [-0.2, -0.15) is 4.90 Å². The van der Waals surface area contributed by atoms with Crippen molar-refractivity contribution in [2.24, 2.45) is 0 Å². The van der Waals surface area contributed by atoms with Gasteiger partial charge in [-0.15, -0.1) is 0 Å². The molecule has 0 aliphatic carbocycles. The summed E-state index contributed by atoms with van der Waals surface area (Å²) in [6.07, 6.45) is 1.59. The molecule has 0 aromatic heterocycles. The number of esters is 1. The van der Waals surface area contributed by atoms with Crippen molar-refractivity contribution in [1.29, 1.82) is 0 Å². The second-order valence-electron chi connectivity index (χ2n) is 7.60. The minimum Gasteiger partial charge on any atom is -0.467 e. The summed E-state index contributed by atoms with van der Waals surface area (Å²) in [4.78, 5) is 38.0. The molecule has 1 unspecified atom stereocenters. The molecule has 2 amide bonds. The number of aliphatic hydroxyl groups excluding tert-OH is 1. The van der Waals surface area contributed by atoms with E-state index in [0.29, 0.717) is 11.3 Å². The highest BCUT2D eigenvalue weighted by Crippen LogP contribution is 2.20. The van der Waals surface area contributed by atoms with E-state index in [1.807, 2.05) is 0 Å². The summed E-state index contributed by atoms with van der Waals surface area (Å²) in [5.74, 6) is -0.765. The summed E-state index contributed by atoms with van der Waals surface area (Å²) in [7, 11) is 1.17. The van der Waals surface area contributed by atoms with Crippen LogP contribution in [0.4, 0.5) is 9.59 Å². The molecule has 0 aromatic rings. The molecule has 0 saturated heterocycles. The van der Waals surface area contributed by atoms with Crippen LogP contribution in [0.15, 0.2) is 12.2 Å². The second-order valence-corrected chi connectivity index (χ2v) is 7.60. The zero-order valence-electron chi connectivity index (χ0n) is 16.7. The molecule has 1 N–H and O–H groups in total. The zero-order chi connectivity index (χ0) is 20.5. The fraction of sp³-hybridized carbons (Fsp3) is 0.722. The molecule has 0 aliphatic heterocycles. The molecule has 0 aliphatic rings. The molecule has 0 spiro atoms. The zero-order valence-corrected chi connectivity index (χ0v) is 16.7. The third kappa shape index (κ3) is 9.41. The van der Waals surface area contributed by atoms with Crippen molar-refractivity contribution >= 4 is 18.2 Å². The van der Waals surface area contributed by atoms with Crippen molar-refractivity contribution in [3.05, 3.63) is 12.2 Å². The van der Waals surface area contributed by atoms with E-state index in [2.05, 4.69) is 0 Å². The maximum Gasteiger partial charge on any atom is 0.420 e.